The van der Waals surface area contributed by atoms with Crippen LogP contribution in [0.3, 0.4) is 0 Å². The largest absolute Gasteiger partial charge is 0.326 e. The standard InChI is InChI=1S/C18H15Cl2N3O4/c1-10-13(19)3-2-4-15(10)22-9-11(7-17(22)24)18(25)21-12-5-6-14(20)16(8-12)23(26)27/h2-6,8,11H,7,9H2,1H3,(H,21,25)/t11-/m0/s1. The molecule has 2 amide bonds. The van der Waals surface area contributed by atoms with E-state index in [0.29, 0.717) is 10.7 Å². The number of amides is 2. The van der Waals surface area contributed by atoms with Crippen LogP contribution in [-0.2, 0) is 9.59 Å². The van der Waals surface area contributed by atoms with Crippen molar-refractivity contribution < 1.29 is 14.5 Å². The summed E-state index contributed by atoms with van der Waals surface area (Å²) in [5.74, 6) is -1.14. The number of nitrogens with one attached hydrogen (secondary N) is 1. The third-order valence-electron chi connectivity index (χ3n) is 4.44. The fraction of sp³-hybridized carbons (Fsp3) is 0.222. The summed E-state index contributed by atoms with van der Waals surface area (Å²) in [4.78, 5) is 36.8. The molecule has 2 aromatic rings. The number of benzene rings is 2. The molecule has 2 aromatic carbocycles. The molecule has 1 aliphatic heterocycles. The minimum atomic E-state index is -0.624. The Morgan fingerprint density at radius 2 is 2.00 bits per heavy atom. The van der Waals surface area contributed by atoms with Crippen molar-refractivity contribution in [1.82, 2.24) is 0 Å². The molecule has 1 heterocycles. The van der Waals surface area contributed by atoms with Crippen LogP contribution in [0.4, 0.5) is 17.1 Å². The monoisotopic (exact) mass is 407 g/mol. The van der Waals surface area contributed by atoms with E-state index in [-0.39, 0.29) is 41.2 Å². The molecule has 3 rings (SSSR count). The third-order valence-corrected chi connectivity index (χ3v) is 5.17. The molecular formula is C18H15Cl2N3O4. The van der Waals surface area contributed by atoms with Gasteiger partial charge in [-0.2, -0.15) is 0 Å². The molecule has 0 aromatic heterocycles. The van der Waals surface area contributed by atoms with Gasteiger partial charge >= 0.3 is 0 Å². The molecule has 1 fully saturated rings. The fourth-order valence-corrected chi connectivity index (χ4v) is 3.34. The number of anilines is 2. The van der Waals surface area contributed by atoms with Gasteiger partial charge in [-0.1, -0.05) is 29.3 Å². The van der Waals surface area contributed by atoms with Gasteiger partial charge in [0.15, 0.2) is 0 Å². The van der Waals surface area contributed by atoms with Gasteiger partial charge in [0.25, 0.3) is 5.69 Å². The summed E-state index contributed by atoms with van der Waals surface area (Å²) in [5, 5.41) is 14.1. The van der Waals surface area contributed by atoms with Gasteiger partial charge in [-0.3, -0.25) is 19.7 Å². The Balaban J connectivity index is 1.76. The van der Waals surface area contributed by atoms with Gasteiger partial charge in [0.05, 0.1) is 10.8 Å². The number of carbonyl (C=O) groups is 2. The first kappa shape index (κ1) is 19.1. The summed E-state index contributed by atoms with van der Waals surface area (Å²) in [5.41, 5.74) is 1.39. The van der Waals surface area contributed by atoms with Gasteiger partial charge < -0.3 is 10.2 Å². The fourth-order valence-electron chi connectivity index (χ4n) is 2.98. The number of nitro groups is 1. The highest BCUT2D eigenvalue weighted by Gasteiger charge is 2.36. The Kier molecular flexibility index (Phi) is 5.34. The molecule has 1 atom stereocenters. The minimum absolute atomic E-state index is 0.0170. The zero-order valence-corrected chi connectivity index (χ0v) is 15.8. The van der Waals surface area contributed by atoms with Gasteiger partial charge in [0.2, 0.25) is 11.8 Å². The van der Waals surface area contributed by atoms with E-state index in [0.717, 1.165) is 5.56 Å². The lowest BCUT2D eigenvalue weighted by Crippen LogP contribution is -2.28. The first-order valence-electron chi connectivity index (χ1n) is 8.08. The summed E-state index contributed by atoms with van der Waals surface area (Å²) in [6.07, 6.45) is 0.0491. The topological polar surface area (TPSA) is 92.6 Å². The number of nitrogens with zero attached hydrogens (tertiary/aromatic N) is 2. The molecule has 0 radical (unpaired) electrons. The zero-order valence-electron chi connectivity index (χ0n) is 14.2. The predicted molar refractivity (Wildman–Crippen MR) is 103 cm³/mol. The van der Waals surface area contributed by atoms with Crippen LogP contribution in [0.5, 0.6) is 0 Å². The molecule has 7 nitrogen and oxygen atoms in total. The van der Waals surface area contributed by atoms with Crippen molar-refractivity contribution >= 4 is 52.1 Å². The van der Waals surface area contributed by atoms with Crippen molar-refractivity contribution in [2.75, 3.05) is 16.8 Å². The molecule has 0 unspecified atom stereocenters. The van der Waals surface area contributed by atoms with Crippen molar-refractivity contribution in [1.29, 1.82) is 0 Å². The first-order valence-corrected chi connectivity index (χ1v) is 8.84. The smallest absolute Gasteiger partial charge is 0.289 e. The molecule has 27 heavy (non-hydrogen) atoms. The van der Waals surface area contributed by atoms with E-state index in [2.05, 4.69) is 5.32 Å². The van der Waals surface area contributed by atoms with E-state index in [1.807, 2.05) is 6.92 Å². The first-order chi connectivity index (χ1) is 12.8. The highest BCUT2D eigenvalue weighted by molar-refractivity contribution is 6.32. The molecule has 0 saturated carbocycles. The number of carbonyl (C=O) groups excluding carboxylic acids is 2. The Hall–Kier alpha value is -2.64. The van der Waals surface area contributed by atoms with E-state index in [1.54, 1.807) is 18.2 Å². The zero-order chi connectivity index (χ0) is 19.7. The van der Waals surface area contributed by atoms with E-state index >= 15 is 0 Å². The molecule has 0 bridgehead atoms. The molecule has 9 heteroatoms. The van der Waals surface area contributed by atoms with Crippen LogP contribution in [0.2, 0.25) is 10.0 Å². The van der Waals surface area contributed by atoms with Crippen molar-refractivity contribution in [2.24, 2.45) is 5.92 Å². The molecular weight excluding hydrogens is 393 g/mol. The van der Waals surface area contributed by atoms with E-state index in [9.17, 15) is 19.7 Å². The maximum Gasteiger partial charge on any atom is 0.289 e. The second-order valence-corrected chi connectivity index (χ2v) is 7.02. The quantitative estimate of drug-likeness (QED) is 0.606. The highest BCUT2D eigenvalue weighted by atomic mass is 35.5. The van der Waals surface area contributed by atoms with Crippen molar-refractivity contribution in [3.8, 4) is 0 Å². The lowest BCUT2D eigenvalue weighted by molar-refractivity contribution is -0.384. The van der Waals surface area contributed by atoms with Crippen LogP contribution >= 0.6 is 23.2 Å². The van der Waals surface area contributed by atoms with Crippen molar-refractivity contribution in [3.63, 3.8) is 0 Å². The van der Waals surface area contributed by atoms with Crippen LogP contribution < -0.4 is 10.2 Å². The molecule has 0 spiro atoms. The van der Waals surface area contributed by atoms with Crippen LogP contribution in [0.15, 0.2) is 36.4 Å². The molecule has 0 aliphatic carbocycles. The predicted octanol–water partition coefficient (Wildman–Crippen LogP) is 4.20. The Morgan fingerprint density at radius 1 is 1.26 bits per heavy atom. The summed E-state index contributed by atoms with van der Waals surface area (Å²) in [7, 11) is 0. The van der Waals surface area contributed by atoms with E-state index in [4.69, 9.17) is 23.2 Å². The SMILES string of the molecule is Cc1c(Cl)cccc1N1C[C@@H](C(=O)Nc2ccc(Cl)c([N+](=O)[O-])c2)CC1=O. The van der Waals surface area contributed by atoms with Crippen molar-refractivity contribution in [3.05, 3.63) is 62.1 Å². The number of hydrogen-bond acceptors (Lipinski definition) is 4. The summed E-state index contributed by atoms with van der Waals surface area (Å²) < 4.78 is 0. The Bertz CT molecular complexity index is 948. The van der Waals surface area contributed by atoms with E-state index < -0.39 is 10.8 Å². The number of halogens is 2. The summed E-state index contributed by atoms with van der Waals surface area (Å²) in [6.45, 7) is 2.02. The van der Waals surface area contributed by atoms with Gasteiger partial charge in [0.1, 0.15) is 5.02 Å². The number of rotatable bonds is 4. The number of nitro benzene ring substituents is 1. The molecule has 140 valence electrons. The van der Waals surface area contributed by atoms with Gasteiger partial charge in [0, 0.05) is 35.4 Å². The van der Waals surface area contributed by atoms with Crippen LogP contribution in [0.25, 0.3) is 0 Å². The third kappa shape index (κ3) is 3.89. The molecule has 1 N–H and O–H groups in total. The van der Waals surface area contributed by atoms with Gasteiger partial charge in [-0.05, 0) is 36.8 Å². The van der Waals surface area contributed by atoms with Gasteiger partial charge in [-0.15, -0.1) is 0 Å². The average Bonchev–Trinajstić information content (AvgIpc) is 3.00. The molecule has 1 saturated heterocycles. The van der Waals surface area contributed by atoms with Gasteiger partial charge in [-0.25, -0.2) is 0 Å². The lowest BCUT2D eigenvalue weighted by atomic mass is 10.1. The Morgan fingerprint density at radius 3 is 2.70 bits per heavy atom. The molecule has 1 aliphatic rings. The second kappa shape index (κ2) is 7.54. The van der Waals surface area contributed by atoms with Crippen molar-refractivity contribution in [2.45, 2.75) is 13.3 Å². The normalized spacial score (nSPS) is 16.5. The second-order valence-electron chi connectivity index (χ2n) is 6.20. The van der Waals surface area contributed by atoms with Crippen LogP contribution in [0.1, 0.15) is 12.0 Å². The summed E-state index contributed by atoms with van der Waals surface area (Å²) in [6, 6.07) is 9.27. The average molecular weight is 408 g/mol. The maximum atomic E-state index is 12.5. The number of hydrogen-bond donors (Lipinski definition) is 1. The van der Waals surface area contributed by atoms with E-state index in [1.165, 1.54) is 23.1 Å². The highest BCUT2D eigenvalue weighted by Crippen LogP contribution is 2.32. The summed E-state index contributed by atoms with van der Waals surface area (Å²) >= 11 is 11.9. The Labute approximate surface area is 165 Å². The van der Waals surface area contributed by atoms with Crippen LogP contribution in [0, 0.1) is 23.0 Å². The lowest BCUT2D eigenvalue weighted by Gasteiger charge is -2.19. The maximum absolute atomic E-state index is 12.5. The van der Waals surface area contributed by atoms with Crippen LogP contribution in [-0.4, -0.2) is 23.3 Å². The minimum Gasteiger partial charge on any atom is -0.326 e.